The van der Waals surface area contributed by atoms with Crippen molar-refractivity contribution in [3.8, 4) is 11.1 Å². The van der Waals surface area contributed by atoms with E-state index in [1.807, 2.05) is 42.6 Å². The second-order valence-electron chi connectivity index (χ2n) is 6.68. The van der Waals surface area contributed by atoms with Gasteiger partial charge < -0.3 is 10.3 Å². The molecule has 5 aromatic rings. The molecule has 8 heteroatoms. The highest BCUT2D eigenvalue weighted by molar-refractivity contribution is 6.09. The predicted octanol–water partition coefficient (Wildman–Crippen LogP) is 4.13. The van der Waals surface area contributed by atoms with Crippen LogP contribution in [0.1, 0.15) is 10.5 Å². The number of alkyl halides is 1. The molecule has 144 valence electrons. The number of anilines is 1. The molecular formula is C21H17FN6O. The lowest BCUT2D eigenvalue weighted by atomic mass is 9.99. The Morgan fingerprint density at radius 1 is 1.14 bits per heavy atom. The van der Waals surface area contributed by atoms with Crippen LogP contribution in [0.15, 0.2) is 61.1 Å². The number of aromatic nitrogens is 5. The Morgan fingerprint density at radius 2 is 2.07 bits per heavy atom. The summed E-state index contributed by atoms with van der Waals surface area (Å²) < 4.78 is 14.1. The van der Waals surface area contributed by atoms with E-state index >= 15 is 0 Å². The van der Waals surface area contributed by atoms with E-state index in [-0.39, 0.29) is 12.5 Å². The molecule has 0 bridgehead atoms. The molecule has 0 aliphatic carbocycles. The van der Waals surface area contributed by atoms with Crippen molar-refractivity contribution in [2.45, 2.75) is 6.54 Å². The largest absolute Gasteiger partial charge is 0.361 e. The van der Waals surface area contributed by atoms with Crippen LogP contribution in [0.2, 0.25) is 0 Å². The third-order valence-corrected chi connectivity index (χ3v) is 4.96. The van der Waals surface area contributed by atoms with Gasteiger partial charge in [0.25, 0.3) is 5.91 Å². The summed E-state index contributed by atoms with van der Waals surface area (Å²) in [4.78, 5) is 16.0. The summed E-state index contributed by atoms with van der Waals surface area (Å²) in [5.74, 6) is -0.351. The van der Waals surface area contributed by atoms with Crippen molar-refractivity contribution in [2.24, 2.45) is 0 Å². The van der Waals surface area contributed by atoms with Gasteiger partial charge in [-0.05, 0) is 41.5 Å². The van der Waals surface area contributed by atoms with Gasteiger partial charge in [0.05, 0.1) is 23.9 Å². The van der Waals surface area contributed by atoms with Crippen molar-refractivity contribution in [3.63, 3.8) is 0 Å². The number of hydrogen-bond donors (Lipinski definition) is 3. The van der Waals surface area contributed by atoms with Gasteiger partial charge in [0.2, 0.25) is 0 Å². The first kappa shape index (κ1) is 17.2. The van der Waals surface area contributed by atoms with Gasteiger partial charge in [0.15, 0.2) is 0 Å². The Morgan fingerprint density at radius 3 is 2.97 bits per heavy atom. The van der Waals surface area contributed by atoms with Gasteiger partial charge >= 0.3 is 0 Å². The molecule has 2 aromatic carbocycles. The van der Waals surface area contributed by atoms with Crippen molar-refractivity contribution in [1.29, 1.82) is 0 Å². The summed E-state index contributed by atoms with van der Waals surface area (Å²) in [7, 11) is 0. The van der Waals surface area contributed by atoms with E-state index in [1.54, 1.807) is 12.3 Å². The second-order valence-corrected chi connectivity index (χ2v) is 6.68. The van der Waals surface area contributed by atoms with E-state index in [0.717, 1.165) is 32.9 Å². The third-order valence-electron chi connectivity index (χ3n) is 4.96. The molecule has 5 rings (SSSR count). The van der Waals surface area contributed by atoms with Gasteiger partial charge in [-0.15, -0.1) is 0 Å². The molecule has 0 aliphatic heterocycles. The van der Waals surface area contributed by atoms with Crippen LogP contribution in [-0.2, 0) is 6.54 Å². The molecule has 0 aliphatic rings. The van der Waals surface area contributed by atoms with Crippen molar-refractivity contribution < 1.29 is 9.18 Å². The number of aryl methyl sites for hydroxylation is 1. The van der Waals surface area contributed by atoms with Gasteiger partial charge in [0.1, 0.15) is 12.4 Å². The molecule has 0 saturated heterocycles. The first-order chi connectivity index (χ1) is 14.2. The Hall–Kier alpha value is -3.94. The number of hydrogen-bond acceptors (Lipinski definition) is 3. The molecular weight excluding hydrogens is 371 g/mol. The first-order valence-corrected chi connectivity index (χ1v) is 9.17. The number of carbonyl (C=O) groups is 1. The summed E-state index contributed by atoms with van der Waals surface area (Å²) in [5, 5.41) is 15.9. The van der Waals surface area contributed by atoms with Crippen molar-refractivity contribution in [3.05, 3.63) is 66.7 Å². The Balaban J connectivity index is 1.59. The zero-order valence-electron chi connectivity index (χ0n) is 15.3. The van der Waals surface area contributed by atoms with Crippen molar-refractivity contribution in [2.75, 3.05) is 12.0 Å². The average Bonchev–Trinajstić information content (AvgIpc) is 3.47. The van der Waals surface area contributed by atoms with Crippen LogP contribution in [0.5, 0.6) is 0 Å². The van der Waals surface area contributed by atoms with Crippen LogP contribution in [0.4, 0.5) is 10.1 Å². The number of aromatic amines is 2. The number of rotatable bonds is 5. The smallest absolute Gasteiger partial charge is 0.273 e. The molecule has 7 nitrogen and oxygen atoms in total. The molecule has 0 radical (unpaired) electrons. The maximum Gasteiger partial charge on any atom is 0.273 e. The quantitative estimate of drug-likeness (QED) is 0.423. The number of nitrogens with zero attached hydrogens (tertiary/aromatic N) is 3. The Kier molecular flexibility index (Phi) is 4.09. The van der Waals surface area contributed by atoms with Crippen LogP contribution in [0, 0.1) is 0 Å². The van der Waals surface area contributed by atoms with Crippen molar-refractivity contribution >= 4 is 33.4 Å². The Labute approximate surface area is 164 Å². The topological polar surface area (TPSA) is 91.4 Å². The standard InChI is InChI=1S/C21H17FN6O/c22-6-9-28-20(5-8-25-28)21(29)26-18-10-13(11-19-16(18)12-24-27-19)14-2-1-3-17-15(14)4-7-23-17/h1-5,7-8,10-12,23H,6,9H2,(H,24,27)(H,26,29). The van der Waals surface area contributed by atoms with Crippen LogP contribution in [-0.4, -0.2) is 37.5 Å². The summed E-state index contributed by atoms with van der Waals surface area (Å²) in [5.41, 5.74) is 4.75. The monoisotopic (exact) mass is 388 g/mol. The van der Waals surface area contributed by atoms with Gasteiger partial charge in [-0.2, -0.15) is 10.2 Å². The number of halogens is 1. The molecule has 0 unspecified atom stereocenters. The minimum absolute atomic E-state index is 0.0341. The Bertz CT molecular complexity index is 1330. The molecule has 3 heterocycles. The molecule has 0 saturated carbocycles. The molecule has 3 aromatic heterocycles. The fraction of sp³-hybridized carbons (Fsp3) is 0.0952. The summed E-state index contributed by atoms with van der Waals surface area (Å²) >= 11 is 0. The maximum absolute atomic E-state index is 12.8. The van der Waals surface area contributed by atoms with E-state index in [0.29, 0.717) is 11.4 Å². The minimum Gasteiger partial charge on any atom is -0.361 e. The number of carbonyl (C=O) groups excluding carboxylic acids is 1. The highest BCUT2D eigenvalue weighted by Crippen LogP contribution is 2.34. The van der Waals surface area contributed by atoms with E-state index in [1.165, 1.54) is 10.9 Å². The number of amides is 1. The highest BCUT2D eigenvalue weighted by atomic mass is 19.1. The lowest BCUT2D eigenvalue weighted by Crippen LogP contribution is -2.18. The highest BCUT2D eigenvalue weighted by Gasteiger charge is 2.16. The molecule has 0 spiro atoms. The number of fused-ring (bicyclic) bond motifs is 2. The second kappa shape index (κ2) is 6.90. The lowest BCUT2D eigenvalue weighted by molar-refractivity contribution is 0.101. The summed E-state index contributed by atoms with van der Waals surface area (Å²) in [6.45, 7) is -0.559. The maximum atomic E-state index is 12.8. The number of H-pyrrole nitrogens is 2. The van der Waals surface area contributed by atoms with Crippen LogP contribution >= 0.6 is 0 Å². The van der Waals surface area contributed by atoms with E-state index in [2.05, 4.69) is 25.6 Å². The fourth-order valence-electron chi connectivity index (χ4n) is 3.62. The molecule has 0 atom stereocenters. The van der Waals surface area contributed by atoms with Gasteiger partial charge in [0, 0.05) is 28.7 Å². The van der Waals surface area contributed by atoms with E-state index in [9.17, 15) is 9.18 Å². The average molecular weight is 388 g/mol. The molecule has 0 fully saturated rings. The van der Waals surface area contributed by atoms with Crippen LogP contribution < -0.4 is 5.32 Å². The zero-order chi connectivity index (χ0) is 19.8. The molecule has 1 amide bonds. The van der Waals surface area contributed by atoms with Crippen LogP contribution in [0.3, 0.4) is 0 Å². The summed E-state index contributed by atoms with van der Waals surface area (Å²) in [6, 6.07) is 13.6. The van der Waals surface area contributed by atoms with E-state index in [4.69, 9.17) is 0 Å². The SMILES string of the molecule is O=C(Nc1cc(-c2cccc3[nH]ccc23)cc2[nH]ncc12)c1ccnn1CCF. The number of nitrogens with one attached hydrogen (secondary N) is 3. The number of benzene rings is 2. The lowest BCUT2D eigenvalue weighted by Gasteiger charge is -2.11. The normalized spacial score (nSPS) is 11.3. The van der Waals surface area contributed by atoms with Gasteiger partial charge in [-0.3, -0.25) is 14.6 Å². The zero-order valence-corrected chi connectivity index (χ0v) is 15.3. The third kappa shape index (κ3) is 2.94. The molecule has 3 N–H and O–H groups in total. The van der Waals surface area contributed by atoms with Gasteiger partial charge in [-0.25, -0.2) is 4.39 Å². The van der Waals surface area contributed by atoms with E-state index < -0.39 is 6.67 Å². The van der Waals surface area contributed by atoms with Crippen molar-refractivity contribution in [1.82, 2.24) is 25.0 Å². The van der Waals surface area contributed by atoms with Gasteiger partial charge in [-0.1, -0.05) is 12.1 Å². The molecule has 29 heavy (non-hydrogen) atoms. The minimum atomic E-state index is -0.593. The first-order valence-electron chi connectivity index (χ1n) is 9.17. The van der Waals surface area contributed by atoms with Crippen LogP contribution in [0.25, 0.3) is 32.9 Å². The fourth-order valence-corrected chi connectivity index (χ4v) is 3.62. The predicted molar refractivity (Wildman–Crippen MR) is 110 cm³/mol. The summed E-state index contributed by atoms with van der Waals surface area (Å²) in [6.07, 6.45) is 5.06.